The number of anilines is 1. The van der Waals surface area contributed by atoms with Gasteiger partial charge >= 0.3 is 0 Å². The Morgan fingerprint density at radius 1 is 1.21 bits per heavy atom. The second kappa shape index (κ2) is 11.5. The first kappa shape index (κ1) is 21.9. The molecule has 2 rings (SSSR count). The van der Waals surface area contributed by atoms with Crippen LogP contribution in [0, 0.1) is 0 Å². The van der Waals surface area contributed by atoms with Crippen LogP contribution in [-0.4, -0.2) is 24.6 Å². The summed E-state index contributed by atoms with van der Waals surface area (Å²) in [5.74, 6) is -0.345. The Kier molecular flexibility index (Phi) is 8.97. The number of amides is 2. The molecule has 2 aromatic rings. The van der Waals surface area contributed by atoms with Crippen LogP contribution < -0.4 is 15.5 Å². The molecule has 2 N–H and O–H groups in total. The van der Waals surface area contributed by atoms with E-state index in [4.69, 9.17) is 16.3 Å². The molecule has 2 aromatic carbocycles. The molecule has 0 unspecified atom stereocenters. The Morgan fingerprint density at radius 3 is 2.75 bits per heavy atom. The highest BCUT2D eigenvalue weighted by molar-refractivity contribution is 9.10. The Bertz CT molecular complexity index is 858. The molecule has 148 valence electrons. The summed E-state index contributed by atoms with van der Waals surface area (Å²) in [5, 5.41) is 6.90. The molecular weight excluding hydrogens is 446 g/mol. The number of carbonyl (C=O) groups excluding carboxylic acids is 2. The molecule has 0 saturated carbocycles. The maximum absolute atomic E-state index is 11.9. The number of unbranched alkanes of at least 4 members (excludes halogenated alkanes) is 1. The van der Waals surface area contributed by atoms with Crippen molar-refractivity contribution in [3.05, 3.63) is 57.5 Å². The van der Waals surface area contributed by atoms with Gasteiger partial charge in [-0.1, -0.05) is 53.0 Å². The third-order valence-corrected chi connectivity index (χ3v) is 4.41. The molecule has 2 amide bonds. The van der Waals surface area contributed by atoms with Gasteiger partial charge in [0.15, 0.2) is 0 Å². The number of benzene rings is 2. The Balaban J connectivity index is 1.89. The molecule has 0 spiro atoms. The fourth-order valence-electron chi connectivity index (χ4n) is 2.19. The lowest BCUT2D eigenvalue weighted by atomic mass is 10.2. The third kappa shape index (κ3) is 7.32. The SMILES string of the molecule is CCCCOc1ccc(Br)cc1C=NNC(=O)CC(=O)Nc1ccccc1Cl. The summed E-state index contributed by atoms with van der Waals surface area (Å²) < 4.78 is 6.59. The van der Waals surface area contributed by atoms with Crippen LogP contribution in [-0.2, 0) is 9.59 Å². The van der Waals surface area contributed by atoms with Gasteiger partial charge in [0.1, 0.15) is 12.2 Å². The van der Waals surface area contributed by atoms with Crippen molar-refractivity contribution in [2.24, 2.45) is 5.10 Å². The largest absolute Gasteiger partial charge is 0.493 e. The predicted molar refractivity (Wildman–Crippen MR) is 115 cm³/mol. The van der Waals surface area contributed by atoms with Crippen LogP contribution in [0.3, 0.4) is 0 Å². The third-order valence-electron chi connectivity index (χ3n) is 3.59. The number of hydrogen-bond donors (Lipinski definition) is 2. The molecule has 0 atom stereocenters. The van der Waals surface area contributed by atoms with Gasteiger partial charge in [0.2, 0.25) is 11.8 Å². The lowest BCUT2D eigenvalue weighted by Gasteiger charge is -2.09. The topological polar surface area (TPSA) is 79.8 Å². The number of para-hydroxylation sites is 1. The van der Waals surface area contributed by atoms with Gasteiger partial charge in [-0.3, -0.25) is 9.59 Å². The monoisotopic (exact) mass is 465 g/mol. The van der Waals surface area contributed by atoms with E-state index in [1.165, 1.54) is 6.21 Å². The van der Waals surface area contributed by atoms with Crippen molar-refractivity contribution in [1.29, 1.82) is 0 Å². The smallest absolute Gasteiger partial charge is 0.249 e. The van der Waals surface area contributed by atoms with Crippen molar-refractivity contribution in [3.63, 3.8) is 0 Å². The summed E-state index contributed by atoms with van der Waals surface area (Å²) in [6.07, 6.45) is 3.09. The van der Waals surface area contributed by atoms with Gasteiger partial charge in [-0.05, 0) is 36.8 Å². The van der Waals surface area contributed by atoms with Gasteiger partial charge in [-0.15, -0.1) is 0 Å². The maximum Gasteiger partial charge on any atom is 0.249 e. The van der Waals surface area contributed by atoms with Gasteiger partial charge < -0.3 is 10.1 Å². The van der Waals surface area contributed by atoms with Crippen molar-refractivity contribution in [2.75, 3.05) is 11.9 Å². The molecule has 8 heteroatoms. The molecule has 0 bridgehead atoms. The predicted octanol–water partition coefficient (Wildman–Crippen LogP) is 4.76. The van der Waals surface area contributed by atoms with Gasteiger partial charge in [0.05, 0.1) is 23.5 Å². The molecule has 0 aliphatic heterocycles. The minimum absolute atomic E-state index is 0.374. The van der Waals surface area contributed by atoms with Crippen LogP contribution in [0.1, 0.15) is 31.7 Å². The van der Waals surface area contributed by atoms with E-state index in [9.17, 15) is 9.59 Å². The molecule has 28 heavy (non-hydrogen) atoms. The van der Waals surface area contributed by atoms with Crippen molar-refractivity contribution in [1.82, 2.24) is 5.43 Å². The van der Waals surface area contributed by atoms with Crippen LogP contribution in [0.25, 0.3) is 0 Å². The molecule has 0 aliphatic rings. The van der Waals surface area contributed by atoms with Gasteiger partial charge in [-0.2, -0.15) is 5.10 Å². The lowest BCUT2D eigenvalue weighted by molar-refractivity contribution is -0.126. The molecule has 0 aromatic heterocycles. The molecular formula is C20H21BrClN3O3. The first-order valence-electron chi connectivity index (χ1n) is 8.78. The minimum atomic E-state index is -0.538. The number of nitrogens with one attached hydrogen (secondary N) is 2. The maximum atomic E-state index is 11.9. The molecule has 0 radical (unpaired) electrons. The molecule has 0 fully saturated rings. The van der Waals surface area contributed by atoms with E-state index in [1.807, 2.05) is 18.2 Å². The van der Waals surface area contributed by atoms with Crippen LogP contribution in [0.15, 0.2) is 52.0 Å². The summed E-state index contributed by atoms with van der Waals surface area (Å²) in [4.78, 5) is 23.9. The second-order valence-corrected chi connectivity index (χ2v) is 7.21. The van der Waals surface area contributed by atoms with Crippen molar-refractivity contribution < 1.29 is 14.3 Å². The van der Waals surface area contributed by atoms with Gasteiger partial charge in [-0.25, -0.2) is 5.43 Å². The Morgan fingerprint density at radius 2 is 2.00 bits per heavy atom. The number of nitrogens with zero attached hydrogens (tertiary/aromatic N) is 1. The average Bonchev–Trinajstić information content (AvgIpc) is 2.65. The summed E-state index contributed by atoms with van der Waals surface area (Å²) in [6.45, 7) is 2.69. The van der Waals surface area contributed by atoms with Crippen molar-refractivity contribution >= 4 is 51.2 Å². The highest BCUT2D eigenvalue weighted by Gasteiger charge is 2.10. The zero-order chi connectivity index (χ0) is 20.4. The highest BCUT2D eigenvalue weighted by Crippen LogP contribution is 2.22. The van der Waals surface area contributed by atoms with Gasteiger partial charge in [0.25, 0.3) is 0 Å². The van der Waals surface area contributed by atoms with E-state index in [2.05, 4.69) is 38.7 Å². The molecule has 6 nitrogen and oxygen atoms in total. The summed E-state index contributed by atoms with van der Waals surface area (Å²) in [7, 11) is 0. The number of rotatable bonds is 9. The number of hydrogen-bond acceptors (Lipinski definition) is 4. The van der Waals surface area contributed by atoms with Crippen LogP contribution in [0.4, 0.5) is 5.69 Å². The van der Waals surface area contributed by atoms with Crippen LogP contribution in [0.5, 0.6) is 5.75 Å². The number of carbonyl (C=O) groups is 2. The van der Waals surface area contributed by atoms with Gasteiger partial charge in [0, 0.05) is 10.0 Å². The fourth-order valence-corrected chi connectivity index (χ4v) is 2.76. The second-order valence-electron chi connectivity index (χ2n) is 5.88. The Hall–Kier alpha value is -2.38. The van der Waals surface area contributed by atoms with E-state index < -0.39 is 11.8 Å². The fraction of sp³-hybridized carbons (Fsp3) is 0.250. The van der Waals surface area contributed by atoms with Crippen LogP contribution in [0.2, 0.25) is 5.02 Å². The summed E-state index contributed by atoms with van der Waals surface area (Å²) in [6, 6.07) is 12.3. The highest BCUT2D eigenvalue weighted by atomic mass is 79.9. The summed E-state index contributed by atoms with van der Waals surface area (Å²) >= 11 is 9.38. The number of halogens is 2. The first-order valence-corrected chi connectivity index (χ1v) is 9.95. The van der Waals surface area contributed by atoms with Crippen LogP contribution >= 0.6 is 27.5 Å². The number of ether oxygens (including phenoxy) is 1. The molecule has 0 heterocycles. The van der Waals surface area contributed by atoms with E-state index in [0.717, 1.165) is 17.3 Å². The Labute approximate surface area is 177 Å². The van der Waals surface area contributed by atoms with E-state index >= 15 is 0 Å². The minimum Gasteiger partial charge on any atom is -0.493 e. The van der Waals surface area contributed by atoms with E-state index in [0.29, 0.717) is 28.6 Å². The van der Waals surface area contributed by atoms with E-state index in [-0.39, 0.29) is 6.42 Å². The molecule has 0 saturated heterocycles. The van der Waals surface area contributed by atoms with Crippen molar-refractivity contribution in [3.8, 4) is 5.75 Å². The first-order chi connectivity index (χ1) is 13.5. The lowest BCUT2D eigenvalue weighted by Crippen LogP contribution is -2.24. The molecule has 0 aliphatic carbocycles. The standard InChI is InChI=1S/C20H21BrClN3O3/c1-2-3-10-28-18-9-8-15(21)11-14(18)13-23-25-20(27)12-19(26)24-17-7-5-4-6-16(17)22/h4-9,11,13H,2-3,10,12H2,1H3,(H,24,26)(H,25,27). The summed E-state index contributed by atoms with van der Waals surface area (Å²) in [5.41, 5.74) is 3.51. The average molecular weight is 467 g/mol. The van der Waals surface area contributed by atoms with Crippen molar-refractivity contribution in [2.45, 2.75) is 26.2 Å². The zero-order valence-corrected chi connectivity index (χ0v) is 17.7. The normalized spacial score (nSPS) is 10.7. The number of hydrazone groups is 1. The van der Waals surface area contributed by atoms with E-state index in [1.54, 1.807) is 24.3 Å². The zero-order valence-electron chi connectivity index (χ0n) is 15.4. The quantitative estimate of drug-likeness (QED) is 0.242.